The largest absolute Gasteiger partial charge is 0.768 e. The van der Waals surface area contributed by atoms with Crippen LogP contribution in [0.2, 0.25) is 0 Å². The minimum Gasteiger partial charge on any atom is -0.768 e. The van der Waals surface area contributed by atoms with Gasteiger partial charge in [0.15, 0.2) is 0 Å². The first-order chi connectivity index (χ1) is 14.4. The maximum atomic E-state index is 13.5. The summed E-state index contributed by atoms with van der Waals surface area (Å²) in [6.45, 7) is 5.95. The van der Waals surface area contributed by atoms with Gasteiger partial charge < -0.3 is 9.45 Å². The average molecular weight is 431 g/mol. The van der Waals surface area contributed by atoms with Crippen molar-refractivity contribution in [3.63, 3.8) is 0 Å². The Morgan fingerprint density at radius 3 is 2.40 bits per heavy atom. The summed E-state index contributed by atoms with van der Waals surface area (Å²) >= 11 is -2.27. The number of amides is 1. The van der Waals surface area contributed by atoms with Crippen LogP contribution in [0.15, 0.2) is 53.4 Å². The molecule has 2 heterocycles. The molecule has 0 bridgehead atoms. The van der Waals surface area contributed by atoms with Crippen molar-refractivity contribution in [1.29, 1.82) is 0 Å². The fraction of sp³-hybridized carbons (Fsp3) is 0.409. The molecule has 4 rings (SSSR count). The van der Waals surface area contributed by atoms with Crippen molar-refractivity contribution in [2.24, 2.45) is 0 Å². The lowest BCUT2D eigenvalue weighted by Gasteiger charge is -2.40. The zero-order chi connectivity index (χ0) is 21.3. The van der Waals surface area contributed by atoms with Crippen LogP contribution in [0.1, 0.15) is 24.9 Å². The van der Waals surface area contributed by atoms with E-state index in [1.807, 2.05) is 6.07 Å². The molecule has 0 aromatic heterocycles. The molecule has 8 heteroatoms. The monoisotopic (exact) mass is 430 g/mol. The van der Waals surface area contributed by atoms with Crippen LogP contribution in [0.25, 0.3) is 0 Å². The highest BCUT2D eigenvalue weighted by Gasteiger charge is 2.38. The number of anilines is 1. The lowest BCUT2D eigenvalue weighted by molar-refractivity contribution is -0.122. The molecule has 0 saturated carbocycles. The second kappa shape index (κ2) is 8.93. The second-order valence-electron chi connectivity index (χ2n) is 7.83. The van der Waals surface area contributed by atoms with E-state index in [1.165, 1.54) is 18.2 Å². The van der Waals surface area contributed by atoms with Crippen LogP contribution in [0.5, 0.6) is 0 Å². The van der Waals surface area contributed by atoms with Gasteiger partial charge in [0.25, 0.3) is 0 Å². The van der Waals surface area contributed by atoms with Gasteiger partial charge in [-0.1, -0.05) is 12.1 Å². The van der Waals surface area contributed by atoms with Crippen LogP contribution < -0.4 is 4.90 Å². The molecule has 0 radical (unpaired) electrons. The lowest BCUT2D eigenvalue weighted by Crippen LogP contribution is -2.52. The SMILES string of the molecule is C[C@@H](c1cccc(F)c1)N1CCN([C@H]2CCN(c3ccc(S(=O)[O-])cc3)C2=O)CC1. The Hall–Kier alpha value is -2.13. The van der Waals surface area contributed by atoms with E-state index < -0.39 is 11.1 Å². The number of nitrogens with zero attached hydrogens (tertiary/aromatic N) is 3. The van der Waals surface area contributed by atoms with Gasteiger partial charge in [0, 0.05) is 49.3 Å². The van der Waals surface area contributed by atoms with Crippen molar-refractivity contribution in [1.82, 2.24) is 9.80 Å². The van der Waals surface area contributed by atoms with E-state index in [2.05, 4.69) is 16.7 Å². The van der Waals surface area contributed by atoms with Gasteiger partial charge >= 0.3 is 0 Å². The number of rotatable bonds is 5. The van der Waals surface area contributed by atoms with Crippen molar-refractivity contribution in [3.05, 3.63) is 59.9 Å². The van der Waals surface area contributed by atoms with E-state index in [4.69, 9.17) is 0 Å². The van der Waals surface area contributed by atoms with E-state index in [9.17, 15) is 17.9 Å². The molecule has 2 aromatic carbocycles. The summed E-state index contributed by atoms with van der Waals surface area (Å²) in [5, 5.41) is 0. The summed E-state index contributed by atoms with van der Waals surface area (Å²) in [4.78, 5) is 19.5. The third-order valence-electron chi connectivity index (χ3n) is 6.19. The molecule has 3 atom stereocenters. The summed E-state index contributed by atoms with van der Waals surface area (Å²) in [6.07, 6.45) is 0.757. The maximum Gasteiger partial charge on any atom is 0.244 e. The van der Waals surface area contributed by atoms with Crippen molar-refractivity contribution >= 4 is 22.7 Å². The number of hydrogen-bond donors (Lipinski definition) is 0. The first kappa shape index (κ1) is 21.1. The smallest absolute Gasteiger partial charge is 0.244 e. The van der Waals surface area contributed by atoms with Crippen LogP contribution in [0.3, 0.4) is 0 Å². The Morgan fingerprint density at radius 1 is 1.07 bits per heavy atom. The Balaban J connectivity index is 1.36. The number of benzene rings is 2. The van der Waals surface area contributed by atoms with Gasteiger partial charge in [0.2, 0.25) is 5.91 Å². The predicted molar refractivity (Wildman–Crippen MR) is 112 cm³/mol. The molecule has 0 spiro atoms. The number of carbonyl (C=O) groups excluding carboxylic acids is 1. The van der Waals surface area contributed by atoms with E-state index in [1.54, 1.807) is 29.2 Å². The molecule has 30 heavy (non-hydrogen) atoms. The van der Waals surface area contributed by atoms with E-state index in [-0.39, 0.29) is 28.7 Å². The number of hydrogen-bond acceptors (Lipinski definition) is 5. The Kier molecular flexibility index (Phi) is 6.29. The van der Waals surface area contributed by atoms with E-state index in [0.29, 0.717) is 6.54 Å². The van der Waals surface area contributed by atoms with Gasteiger partial charge in [0.05, 0.1) is 6.04 Å². The highest BCUT2D eigenvalue weighted by Crippen LogP contribution is 2.28. The summed E-state index contributed by atoms with van der Waals surface area (Å²) in [5.74, 6) is -0.151. The Morgan fingerprint density at radius 2 is 1.77 bits per heavy atom. The maximum absolute atomic E-state index is 13.5. The molecule has 1 amide bonds. The van der Waals surface area contributed by atoms with Crippen LogP contribution >= 0.6 is 0 Å². The van der Waals surface area contributed by atoms with Crippen molar-refractivity contribution in [2.45, 2.75) is 30.3 Å². The summed E-state index contributed by atoms with van der Waals surface area (Å²) < 4.78 is 35.6. The van der Waals surface area contributed by atoms with E-state index >= 15 is 0 Å². The van der Waals surface area contributed by atoms with Crippen LogP contribution in [-0.2, 0) is 15.9 Å². The first-order valence-corrected chi connectivity index (χ1v) is 11.3. The predicted octanol–water partition coefficient (Wildman–Crippen LogP) is 2.55. The van der Waals surface area contributed by atoms with Crippen molar-refractivity contribution in [3.8, 4) is 0 Å². The number of piperazine rings is 1. The van der Waals surface area contributed by atoms with Crippen LogP contribution in [0.4, 0.5) is 10.1 Å². The van der Waals surface area contributed by atoms with Gasteiger partial charge in [-0.25, -0.2) is 4.39 Å². The molecule has 2 saturated heterocycles. The molecule has 0 aliphatic carbocycles. The van der Waals surface area contributed by atoms with E-state index in [0.717, 1.165) is 43.9 Å². The fourth-order valence-corrected chi connectivity index (χ4v) is 4.77. The summed E-state index contributed by atoms with van der Waals surface area (Å²) in [5.41, 5.74) is 1.70. The van der Waals surface area contributed by atoms with Gasteiger partial charge in [-0.2, -0.15) is 0 Å². The highest BCUT2D eigenvalue weighted by molar-refractivity contribution is 7.79. The molecular formula is C22H25FN3O3S-. The summed E-state index contributed by atoms with van der Waals surface area (Å²) in [6, 6.07) is 13.1. The number of carbonyl (C=O) groups is 1. The molecule has 0 N–H and O–H groups in total. The summed E-state index contributed by atoms with van der Waals surface area (Å²) in [7, 11) is 0. The number of halogens is 1. The highest BCUT2D eigenvalue weighted by atomic mass is 32.2. The van der Waals surface area contributed by atoms with Gasteiger partial charge in [-0.15, -0.1) is 0 Å². The molecule has 6 nitrogen and oxygen atoms in total. The van der Waals surface area contributed by atoms with Gasteiger partial charge in [-0.05, 0) is 66.4 Å². The molecule has 2 aromatic rings. The molecule has 160 valence electrons. The third-order valence-corrected chi connectivity index (χ3v) is 6.84. The van der Waals surface area contributed by atoms with Gasteiger partial charge in [0.1, 0.15) is 5.82 Å². The fourth-order valence-electron chi connectivity index (χ4n) is 4.41. The van der Waals surface area contributed by atoms with Crippen LogP contribution in [-0.4, -0.2) is 63.2 Å². The van der Waals surface area contributed by atoms with Crippen molar-refractivity contribution < 1.29 is 17.9 Å². The van der Waals surface area contributed by atoms with Crippen molar-refractivity contribution in [2.75, 3.05) is 37.6 Å². The first-order valence-electron chi connectivity index (χ1n) is 10.2. The average Bonchev–Trinajstić information content (AvgIpc) is 3.14. The minimum atomic E-state index is -2.27. The Bertz CT molecular complexity index is 931. The molecule has 2 aliphatic heterocycles. The van der Waals surface area contributed by atoms with Crippen LogP contribution in [0, 0.1) is 5.82 Å². The second-order valence-corrected chi connectivity index (χ2v) is 8.77. The third kappa shape index (κ3) is 4.32. The lowest BCUT2D eigenvalue weighted by atomic mass is 10.1. The normalized spacial score (nSPS) is 23.0. The molecular weight excluding hydrogens is 405 g/mol. The molecule has 2 aliphatic rings. The Labute approximate surface area is 178 Å². The van der Waals surface area contributed by atoms with Gasteiger partial charge in [-0.3, -0.25) is 18.8 Å². The zero-order valence-corrected chi connectivity index (χ0v) is 17.7. The topological polar surface area (TPSA) is 66.9 Å². The zero-order valence-electron chi connectivity index (χ0n) is 16.9. The quantitative estimate of drug-likeness (QED) is 0.682. The molecule has 2 fully saturated rings. The standard InChI is InChI=1S/C22H26FN3O3S/c1-16(17-3-2-4-18(23)15-17)24-11-13-25(14-12-24)21-9-10-26(22(21)27)19-5-7-20(8-6-19)30(28)29/h2-8,15-16,21H,9-14H2,1H3,(H,28,29)/p-1/t16-,21-/m0/s1. The minimum absolute atomic E-state index is 0.0672. The molecule has 1 unspecified atom stereocenters.